The molecule has 0 radical (unpaired) electrons. The van der Waals surface area contributed by atoms with E-state index in [-0.39, 0.29) is 5.82 Å². The standard InChI is InChI=1S/C16H14BrClFNO/c17-12-6-10-4-5-21-16(10)11(7-12)8-20-9-13-14(18)2-1-3-15(13)19/h1-3,6-7,20H,4-5,8-9H2. The Labute approximate surface area is 136 Å². The first-order valence-corrected chi connectivity index (χ1v) is 7.90. The molecule has 2 nitrogen and oxygen atoms in total. The van der Waals surface area contributed by atoms with Crippen molar-refractivity contribution in [3.05, 3.63) is 62.3 Å². The molecule has 0 spiro atoms. The number of hydrogen-bond donors (Lipinski definition) is 1. The molecule has 0 aliphatic carbocycles. The summed E-state index contributed by atoms with van der Waals surface area (Å²) in [6.45, 7) is 1.71. The molecule has 1 N–H and O–H groups in total. The van der Waals surface area contributed by atoms with Crippen LogP contribution in [0.3, 0.4) is 0 Å². The van der Waals surface area contributed by atoms with Crippen molar-refractivity contribution in [3.8, 4) is 5.75 Å². The maximum Gasteiger partial charge on any atom is 0.129 e. The highest BCUT2D eigenvalue weighted by Gasteiger charge is 2.17. The summed E-state index contributed by atoms with van der Waals surface area (Å²) < 4.78 is 20.4. The van der Waals surface area contributed by atoms with Crippen LogP contribution in [0.15, 0.2) is 34.8 Å². The van der Waals surface area contributed by atoms with Crippen molar-refractivity contribution in [2.75, 3.05) is 6.61 Å². The highest BCUT2D eigenvalue weighted by molar-refractivity contribution is 9.10. The van der Waals surface area contributed by atoms with Crippen LogP contribution in [0, 0.1) is 5.82 Å². The lowest BCUT2D eigenvalue weighted by molar-refractivity contribution is 0.352. The minimum absolute atomic E-state index is 0.286. The van der Waals surface area contributed by atoms with Crippen LogP contribution in [0.5, 0.6) is 5.75 Å². The van der Waals surface area contributed by atoms with E-state index in [4.69, 9.17) is 16.3 Å². The van der Waals surface area contributed by atoms with Crippen LogP contribution in [-0.4, -0.2) is 6.61 Å². The van der Waals surface area contributed by atoms with E-state index in [1.165, 1.54) is 11.6 Å². The lowest BCUT2D eigenvalue weighted by atomic mass is 10.1. The molecular weight excluding hydrogens is 357 g/mol. The molecule has 0 saturated carbocycles. The van der Waals surface area contributed by atoms with Gasteiger partial charge in [-0.3, -0.25) is 0 Å². The second kappa shape index (κ2) is 6.34. The van der Waals surface area contributed by atoms with Gasteiger partial charge in [-0.2, -0.15) is 0 Å². The van der Waals surface area contributed by atoms with Gasteiger partial charge in [0.25, 0.3) is 0 Å². The normalized spacial score (nSPS) is 13.1. The summed E-state index contributed by atoms with van der Waals surface area (Å²) in [5.74, 6) is 0.663. The Morgan fingerprint density at radius 2 is 2.14 bits per heavy atom. The van der Waals surface area contributed by atoms with Crippen molar-refractivity contribution < 1.29 is 9.13 Å². The summed E-state index contributed by atoms with van der Waals surface area (Å²) in [4.78, 5) is 0. The third-order valence-electron chi connectivity index (χ3n) is 3.50. The first-order valence-electron chi connectivity index (χ1n) is 6.73. The second-order valence-electron chi connectivity index (χ2n) is 4.96. The Balaban J connectivity index is 1.72. The molecule has 3 rings (SSSR count). The molecule has 0 aromatic heterocycles. The SMILES string of the molecule is Fc1cccc(Cl)c1CNCc1cc(Br)cc2c1OCC2. The third kappa shape index (κ3) is 3.23. The summed E-state index contributed by atoms with van der Waals surface area (Å²) >= 11 is 9.53. The monoisotopic (exact) mass is 369 g/mol. The van der Waals surface area contributed by atoms with E-state index in [1.807, 2.05) is 6.07 Å². The van der Waals surface area contributed by atoms with Crippen LogP contribution in [0.2, 0.25) is 5.02 Å². The zero-order valence-electron chi connectivity index (χ0n) is 11.3. The van der Waals surface area contributed by atoms with Gasteiger partial charge in [0, 0.05) is 40.1 Å². The fraction of sp³-hybridized carbons (Fsp3) is 0.250. The molecule has 0 amide bonds. The lowest BCUT2D eigenvalue weighted by Gasteiger charge is -2.11. The van der Waals surface area contributed by atoms with Crippen LogP contribution < -0.4 is 10.1 Å². The first-order chi connectivity index (χ1) is 10.1. The van der Waals surface area contributed by atoms with Crippen molar-refractivity contribution in [3.63, 3.8) is 0 Å². The molecule has 0 fully saturated rings. The molecular formula is C16H14BrClFNO. The van der Waals surface area contributed by atoms with Gasteiger partial charge in [-0.05, 0) is 29.8 Å². The van der Waals surface area contributed by atoms with Crippen molar-refractivity contribution >= 4 is 27.5 Å². The molecule has 21 heavy (non-hydrogen) atoms. The van der Waals surface area contributed by atoms with E-state index >= 15 is 0 Å². The number of benzene rings is 2. The fourth-order valence-electron chi connectivity index (χ4n) is 2.50. The molecule has 5 heteroatoms. The van der Waals surface area contributed by atoms with Crippen LogP contribution in [0.1, 0.15) is 16.7 Å². The predicted molar refractivity (Wildman–Crippen MR) is 85.3 cm³/mol. The van der Waals surface area contributed by atoms with E-state index in [0.29, 0.717) is 23.7 Å². The average molecular weight is 371 g/mol. The predicted octanol–water partition coefficient (Wildman–Crippen LogP) is 4.47. The van der Waals surface area contributed by atoms with Crippen molar-refractivity contribution in [2.24, 2.45) is 0 Å². The molecule has 0 saturated heterocycles. The van der Waals surface area contributed by atoms with E-state index in [9.17, 15) is 4.39 Å². The number of fused-ring (bicyclic) bond motifs is 1. The van der Waals surface area contributed by atoms with E-state index < -0.39 is 0 Å². The van der Waals surface area contributed by atoms with Gasteiger partial charge in [-0.1, -0.05) is 33.6 Å². The first kappa shape index (κ1) is 14.8. The molecule has 110 valence electrons. The maximum atomic E-state index is 13.7. The molecule has 2 aromatic rings. The fourth-order valence-corrected chi connectivity index (χ4v) is 3.28. The summed E-state index contributed by atoms with van der Waals surface area (Å²) in [7, 11) is 0. The third-order valence-corrected chi connectivity index (χ3v) is 4.32. The summed E-state index contributed by atoms with van der Waals surface area (Å²) in [5.41, 5.74) is 2.78. The Morgan fingerprint density at radius 3 is 2.95 bits per heavy atom. The Bertz CT molecular complexity index is 657. The van der Waals surface area contributed by atoms with Crippen LogP contribution in [0.4, 0.5) is 4.39 Å². The zero-order valence-corrected chi connectivity index (χ0v) is 13.6. The van der Waals surface area contributed by atoms with Gasteiger partial charge in [0.15, 0.2) is 0 Å². The van der Waals surface area contributed by atoms with Gasteiger partial charge in [0.05, 0.1) is 6.61 Å². The summed E-state index contributed by atoms with van der Waals surface area (Å²) in [6, 6.07) is 8.83. The smallest absolute Gasteiger partial charge is 0.129 e. The molecule has 0 bridgehead atoms. The van der Waals surface area contributed by atoms with Gasteiger partial charge in [-0.25, -0.2) is 4.39 Å². The molecule has 1 aliphatic heterocycles. The van der Waals surface area contributed by atoms with Gasteiger partial charge < -0.3 is 10.1 Å². The van der Waals surface area contributed by atoms with Crippen LogP contribution in [0.25, 0.3) is 0 Å². The van der Waals surface area contributed by atoms with Crippen molar-refractivity contribution in [1.29, 1.82) is 0 Å². The lowest BCUT2D eigenvalue weighted by Crippen LogP contribution is -2.14. The maximum absolute atomic E-state index is 13.7. The summed E-state index contributed by atoms with van der Waals surface area (Å²) in [5, 5.41) is 3.67. The number of ether oxygens (including phenoxy) is 1. The van der Waals surface area contributed by atoms with E-state index in [0.717, 1.165) is 28.8 Å². The zero-order chi connectivity index (χ0) is 14.8. The van der Waals surface area contributed by atoms with E-state index in [2.05, 4.69) is 27.3 Å². The second-order valence-corrected chi connectivity index (χ2v) is 6.28. The number of rotatable bonds is 4. The van der Waals surface area contributed by atoms with Gasteiger partial charge in [0.1, 0.15) is 11.6 Å². The van der Waals surface area contributed by atoms with E-state index in [1.54, 1.807) is 12.1 Å². The minimum Gasteiger partial charge on any atom is -0.493 e. The number of nitrogens with one attached hydrogen (secondary N) is 1. The highest BCUT2D eigenvalue weighted by atomic mass is 79.9. The Hall–Kier alpha value is -1.10. The largest absolute Gasteiger partial charge is 0.493 e. The quantitative estimate of drug-likeness (QED) is 0.857. The molecule has 1 heterocycles. The van der Waals surface area contributed by atoms with Gasteiger partial charge in [0.2, 0.25) is 0 Å². The Kier molecular flexibility index (Phi) is 4.48. The minimum atomic E-state index is -0.286. The number of hydrogen-bond acceptors (Lipinski definition) is 2. The number of halogens is 3. The van der Waals surface area contributed by atoms with Crippen LogP contribution in [-0.2, 0) is 19.5 Å². The van der Waals surface area contributed by atoms with Crippen molar-refractivity contribution in [2.45, 2.75) is 19.5 Å². The van der Waals surface area contributed by atoms with Gasteiger partial charge >= 0.3 is 0 Å². The summed E-state index contributed by atoms with van der Waals surface area (Å²) in [6.07, 6.45) is 0.931. The molecule has 2 aromatic carbocycles. The highest BCUT2D eigenvalue weighted by Crippen LogP contribution is 2.33. The molecule has 1 aliphatic rings. The average Bonchev–Trinajstić information content (AvgIpc) is 2.90. The van der Waals surface area contributed by atoms with Crippen LogP contribution >= 0.6 is 27.5 Å². The molecule has 0 unspecified atom stereocenters. The molecule has 0 atom stereocenters. The van der Waals surface area contributed by atoms with Crippen molar-refractivity contribution in [1.82, 2.24) is 5.32 Å². The van der Waals surface area contributed by atoms with Gasteiger partial charge in [-0.15, -0.1) is 0 Å². The Morgan fingerprint density at radius 1 is 1.29 bits per heavy atom. The topological polar surface area (TPSA) is 21.3 Å².